The van der Waals surface area contributed by atoms with Crippen molar-refractivity contribution >= 4 is 35.8 Å². The Kier molecular flexibility index (Phi) is 8.76. The van der Waals surface area contributed by atoms with Crippen molar-refractivity contribution in [2.24, 2.45) is 4.99 Å². The fraction of sp³-hybridized carbons (Fsp3) is 0.556. The summed E-state index contributed by atoms with van der Waals surface area (Å²) in [7, 11) is 0. The van der Waals surface area contributed by atoms with Crippen molar-refractivity contribution in [1.29, 1.82) is 0 Å². The second kappa shape index (κ2) is 11.1. The van der Waals surface area contributed by atoms with E-state index >= 15 is 0 Å². The van der Waals surface area contributed by atoms with Crippen LogP contribution in [0.5, 0.6) is 17.2 Å². The lowest BCUT2D eigenvalue weighted by Gasteiger charge is -2.15. The minimum Gasteiger partial charge on any atom is -0.492 e. The number of fused-ring (bicyclic) bond motifs is 1. The van der Waals surface area contributed by atoms with Crippen LogP contribution >= 0.6 is 24.0 Å². The molecular formula is C18H27IN4O4. The molecule has 0 saturated carbocycles. The number of carbonyl (C=O) groups excluding carboxylic acids is 1. The molecule has 2 heterocycles. The van der Waals surface area contributed by atoms with Crippen LogP contribution in [-0.4, -0.2) is 62.9 Å². The Balaban J connectivity index is 0.00000261. The van der Waals surface area contributed by atoms with Crippen LogP contribution in [0.1, 0.15) is 19.8 Å². The van der Waals surface area contributed by atoms with Crippen LogP contribution in [0.2, 0.25) is 0 Å². The zero-order valence-corrected chi connectivity index (χ0v) is 17.9. The van der Waals surface area contributed by atoms with Crippen LogP contribution in [0, 0.1) is 0 Å². The molecule has 150 valence electrons. The molecule has 2 N–H and O–H groups in total. The van der Waals surface area contributed by atoms with Gasteiger partial charge >= 0.3 is 0 Å². The Bertz CT molecular complexity index is 650. The van der Waals surface area contributed by atoms with Gasteiger partial charge in [0.2, 0.25) is 12.7 Å². The van der Waals surface area contributed by atoms with E-state index in [-0.39, 0.29) is 43.2 Å². The summed E-state index contributed by atoms with van der Waals surface area (Å²) >= 11 is 0. The summed E-state index contributed by atoms with van der Waals surface area (Å²) in [6, 6.07) is 5.50. The van der Waals surface area contributed by atoms with Gasteiger partial charge in [0.15, 0.2) is 17.5 Å². The fourth-order valence-corrected chi connectivity index (χ4v) is 2.86. The Morgan fingerprint density at radius 3 is 2.78 bits per heavy atom. The SMILES string of the molecule is CCNC(=NCC(=O)N1CCCC1)NCCOc1ccc2c(c1)OCO2.I. The third-order valence-electron chi connectivity index (χ3n) is 4.18. The lowest BCUT2D eigenvalue weighted by Crippen LogP contribution is -2.40. The van der Waals surface area contributed by atoms with Crippen molar-refractivity contribution in [3.63, 3.8) is 0 Å². The number of halogens is 1. The van der Waals surface area contributed by atoms with Crippen LogP contribution < -0.4 is 24.8 Å². The van der Waals surface area contributed by atoms with Crippen molar-refractivity contribution in [3.8, 4) is 17.2 Å². The lowest BCUT2D eigenvalue weighted by molar-refractivity contribution is -0.128. The van der Waals surface area contributed by atoms with E-state index in [9.17, 15) is 4.79 Å². The predicted molar refractivity (Wildman–Crippen MR) is 113 cm³/mol. The van der Waals surface area contributed by atoms with Crippen molar-refractivity contribution in [1.82, 2.24) is 15.5 Å². The molecule has 0 spiro atoms. The van der Waals surface area contributed by atoms with E-state index in [2.05, 4.69) is 15.6 Å². The van der Waals surface area contributed by atoms with Crippen molar-refractivity contribution in [2.45, 2.75) is 19.8 Å². The summed E-state index contributed by atoms with van der Waals surface area (Å²) in [4.78, 5) is 18.3. The summed E-state index contributed by atoms with van der Waals surface area (Å²) in [5, 5.41) is 6.31. The predicted octanol–water partition coefficient (Wildman–Crippen LogP) is 1.59. The highest BCUT2D eigenvalue weighted by Crippen LogP contribution is 2.34. The number of carbonyl (C=O) groups is 1. The Labute approximate surface area is 176 Å². The molecule has 27 heavy (non-hydrogen) atoms. The minimum absolute atomic E-state index is 0. The molecule has 1 aromatic rings. The first-order chi connectivity index (χ1) is 12.8. The van der Waals surface area contributed by atoms with Gasteiger partial charge in [0.25, 0.3) is 0 Å². The number of nitrogens with one attached hydrogen (secondary N) is 2. The van der Waals surface area contributed by atoms with Gasteiger partial charge < -0.3 is 29.7 Å². The van der Waals surface area contributed by atoms with Crippen LogP contribution in [0.3, 0.4) is 0 Å². The fourth-order valence-electron chi connectivity index (χ4n) is 2.86. The molecule has 1 saturated heterocycles. The number of hydrogen-bond acceptors (Lipinski definition) is 5. The van der Waals surface area contributed by atoms with Gasteiger partial charge in [-0.25, -0.2) is 4.99 Å². The second-order valence-corrected chi connectivity index (χ2v) is 6.07. The minimum atomic E-state index is 0. The lowest BCUT2D eigenvalue weighted by atomic mass is 10.3. The molecule has 0 atom stereocenters. The van der Waals surface area contributed by atoms with Gasteiger partial charge in [0.1, 0.15) is 18.9 Å². The van der Waals surface area contributed by atoms with Gasteiger partial charge in [0.05, 0.1) is 6.54 Å². The van der Waals surface area contributed by atoms with E-state index < -0.39 is 0 Å². The Morgan fingerprint density at radius 2 is 2.00 bits per heavy atom. The monoisotopic (exact) mass is 490 g/mol. The highest BCUT2D eigenvalue weighted by atomic mass is 127. The quantitative estimate of drug-likeness (QED) is 0.262. The first kappa shape index (κ1) is 21.4. The van der Waals surface area contributed by atoms with Crippen LogP contribution in [0.25, 0.3) is 0 Å². The first-order valence-corrected chi connectivity index (χ1v) is 9.08. The molecule has 3 rings (SSSR count). The summed E-state index contributed by atoms with van der Waals surface area (Å²) < 4.78 is 16.3. The molecule has 2 aliphatic heterocycles. The summed E-state index contributed by atoms with van der Waals surface area (Å²) in [6.45, 7) is 5.86. The maximum absolute atomic E-state index is 12.1. The largest absolute Gasteiger partial charge is 0.492 e. The standard InChI is InChI=1S/C18H26N4O4.HI/c1-2-19-18(21-12-17(23)22-8-3-4-9-22)20-7-10-24-14-5-6-15-16(11-14)26-13-25-15;/h5-6,11H,2-4,7-10,12-13H2,1H3,(H2,19,20,21);1H. The summed E-state index contributed by atoms with van der Waals surface area (Å²) in [6.07, 6.45) is 2.18. The van der Waals surface area contributed by atoms with Gasteiger partial charge in [-0.05, 0) is 31.9 Å². The number of ether oxygens (including phenoxy) is 3. The molecule has 0 aliphatic carbocycles. The summed E-state index contributed by atoms with van der Waals surface area (Å²) in [5.74, 6) is 2.86. The number of amides is 1. The normalized spacial score (nSPS) is 15.3. The van der Waals surface area contributed by atoms with E-state index in [4.69, 9.17) is 14.2 Å². The topological polar surface area (TPSA) is 84.4 Å². The molecule has 1 fully saturated rings. The third-order valence-corrected chi connectivity index (χ3v) is 4.18. The molecule has 0 bridgehead atoms. The molecule has 2 aliphatic rings. The van der Waals surface area contributed by atoms with E-state index in [1.54, 1.807) is 0 Å². The maximum atomic E-state index is 12.1. The van der Waals surface area contributed by atoms with Gasteiger partial charge in [-0.1, -0.05) is 0 Å². The van der Waals surface area contributed by atoms with E-state index in [1.807, 2.05) is 30.0 Å². The number of guanidine groups is 1. The van der Waals surface area contributed by atoms with Gasteiger partial charge in [-0.2, -0.15) is 0 Å². The second-order valence-electron chi connectivity index (χ2n) is 6.07. The average Bonchev–Trinajstić information content (AvgIpc) is 3.34. The van der Waals surface area contributed by atoms with Crippen LogP contribution in [-0.2, 0) is 4.79 Å². The Morgan fingerprint density at radius 1 is 1.22 bits per heavy atom. The highest BCUT2D eigenvalue weighted by Gasteiger charge is 2.17. The Hall–Kier alpha value is -1.91. The molecule has 0 radical (unpaired) electrons. The molecule has 9 heteroatoms. The highest BCUT2D eigenvalue weighted by molar-refractivity contribution is 14.0. The molecule has 8 nitrogen and oxygen atoms in total. The zero-order valence-electron chi connectivity index (χ0n) is 15.5. The van der Waals surface area contributed by atoms with Crippen LogP contribution in [0.4, 0.5) is 0 Å². The van der Waals surface area contributed by atoms with Gasteiger partial charge in [-0.15, -0.1) is 24.0 Å². The number of aliphatic imine (C=N–C) groups is 1. The van der Waals surface area contributed by atoms with Gasteiger partial charge in [-0.3, -0.25) is 4.79 Å². The molecule has 0 aromatic heterocycles. The van der Waals surface area contributed by atoms with Crippen LogP contribution in [0.15, 0.2) is 23.2 Å². The number of rotatable bonds is 7. The number of benzene rings is 1. The van der Waals surface area contributed by atoms with Crippen molar-refractivity contribution in [2.75, 3.05) is 46.1 Å². The molecule has 1 amide bonds. The van der Waals surface area contributed by atoms with E-state index in [0.717, 1.165) is 44.0 Å². The van der Waals surface area contributed by atoms with E-state index in [0.29, 0.717) is 24.9 Å². The van der Waals surface area contributed by atoms with Gasteiger partial charge in [0, 0.05) is 25.7 Å². The molecular weight excluding hydrogens is 463 g/mol. The number of nitrogens with zero attached hydrogens (tertiary/aromatic N) is 2. The maximum Gasteiger partial charge on any atom is 0.244 e. The third kappa shape index (κ3) is 6.33. The average molecular weight is 490 g/mol. The first-order valence-electron chi connectivity index (χ1n) is 9.08. The molecule has 1 aromatic carbocycles. The van der Waals surface area contributed by atoms with E-state index in [1.165, 1.54) is 0 Å². The zero-order chi connectivity index (χ0) is 18.2. The smallest absolute Gasteiger partial charge is 0.244 e. The summed E-state index contributed by atoms with van der Waals surface area (Å²) in [5.41, 5.74) is 0. The number of hydrogen-bond donors (Lipinski definition) is 2. The molecule has 0 unspecified atom stereocenters. The van der Waals surface area contributed by atoms with Crippen molar-refractivity contribution < 1.29 is 19.0 Å². The van der Waals surface area contributed by atoms with Crippen molar-refractivity contribution in [3.05, 3.63) is 18.2 Å². The number of likely N-dealkylation sites (tertiary alicyclic amines) is 1.